The van der Waals surface area contributed by atoms with Gasteiger partial charge >= 0.3 is 0 Å². The lowest BCUT2D eigenvalue weighted by Crippen LogP contribution is -1.98. The Balaban J connectivity index is 2.70. The van der Waals surface area contributed by atoms with Crippen molar-refractivity contribution in [1.29, 1.82) is 0 Å². The molecule has 0 fully saturated rings. The molecule has 2 aromatic rings. The van der Waals surface area contributed by atoms with Crippen molar-refractivity contribution in [3.63, 3.8) is 0 Å². The number of alkyl halides is 3. The summed E-state index contributed by atoms with van der Waals surface area (Å²) in [6, 6.07) is 4.70. The zero-order chi connectivity index (χ0) is 11.7. The summed E-state index contributed by atoms with van der Waals surface area (Å²) in [5, 5.41) is 3.77. The Kier molecular flexibility index (Phi) is 2.96. The Bertz CT molecular complexity index is 472. The topological polar surface area (TPSA) is 26.5 Å². The van der Waals surface area contributed by atoms with E-state index in [-0.39, 0.29) is 11.6 Å². The van der Waals surface area contributed by atoms with Crippen LogP contribution in [-0.4, -0.2) is 16.7 Å². The van der Waals surface area contributed by atoms with E-state index in [1.807, 2.05) is 0 Å². The summed E-state index contributed by atoms with van der Waals surface area (Å²) in [5.41, 5.74) is 1.00. The first-order valence-corrected chi connectivity index (χ1v) is 5.10. The average molecular weight is 247 g/mol. The summed E-state index contributed by atoms with van der Waals surface area (Å²) in [7, 11) is 1.46. The normalized spacial score (nSPS) is 11.3. The van der Waals surface area contributed by atoms with Crippen LogP contribution in [0.4, 0.5) is 8.78 Å². The van der Waals surface area contributed by atoms with Gasteiger partial charge in [0.2, 0.25) is 5.88 Å². The van der Waals surface area contributed by atoms with E-state index in [1.54, 1.807) is 12.1 Å². The molecule has 0 aromatic carbocycles. The van der Waals surface area contributed by atoms with Crippen molar-refractivity contribution in [3.8, 4) is 5.88 Å². The minimum Gasteiger partial charge on any atom is -0.481 e. The van der Waals surface area contributed by atoms with E-state index in [9.17, 15) is 8.78 Å². The average Bonchev–Trinajstić information content (AvgIpc) is 2.72. The molecule has 0 saturated carbocycles. The predicted octanol–water partition coefficient (Wildman–Crippen LogP) is 3.02. The van der Waals surface area contributed by atoms with Gasteiger partial charge < -0.3 is 4.74 Å². The molecule has 0 atom stereocenters. The van der Waals surface area contributed by atoms with Crippen LogP contribution in [0.1, 0.15) is 17.7 Å². The SMILES string of the molecule is COc1ccc(CCl)c2cc(C(F)F)nn12. The number of ether oxygens (including phenoxy) is 1. The zero-order valence-corrected chi connectivity index (χ0v) is 9.21. The van der Waals surface area contributed by atoms with Crippen molar-refractivity contribution < 1.29 is 13.5 Å². The van der Waals surface area contributed by atoms with Crippen molar-refractivity contribution in [2.24, 2.45) is 0 Å². The molecule has 2 rings (SSSR count). The smallest absolute Gasteiger partial charge is 0.282 e. The molecule has 0 aliphatic rings. The van der Waals surface area contributed by atoms with Crippen molar-refractivity contribution in [1.82, 2.24) is 9.61 Å². The van der Waals surface area contributed by atoms with Crippen LogP contribution in [0.25, 0.3) is 5.52 Å². The second-order valence-electron chi connectivity index (χ2n) is 3.20. The molecule has 0 aliphatic carbocycles. The van der Waals surface area contributed by atoms with Gasteiger partial charge in [-0.05, 0) is 11.6 Å². The van der Waals surface area contributed by atoms with E-state index < -0.39 is 6.43 Å². The number of fused-ring (bicyclic) bond motifs is 1. The maximum Gasteiger partial charge on any atom is 0.282 e. The second kappa shape index (κ2) is 4.25. The molecule has 0 radical (unpaired) electrons. The van der Waals surface area contributed by atoms with Crippen molar-refractivity contribution in [2.45, 2.75) is 12.3 Å². The molecule has 0 spiro atoms. The number of hydrogen-bond acceptors (Lipinski definition) is 2. The quantitative estimate of drug-likeness (QED) is 0.779. The number of aromatic nitrogens is 2. The number of pyridine rings is 1. The third kappa shape index (κ3) is 1.71. The van der Waals surface area contributed by atoms with Crippen LogP contribution < -0.4 is 4.74 Å². The van der Waals surface area contributed by atoms with Gasteiger partial charge in [-0.1, -0.05) is 6.07 Å². The summed E-state index contributed by atoms with van der Waals surface area (Å²) in [5.74, 6) is 0.637. The maximum absolute atomic E-state index is 12.5. The Morgan fingerprint density at radius 2 is 2.25 bits per heavy atom. The Morgan fingerprint density at radius 1 is 1.50 bits per heavy atom. The van der Waals surface area contributed by atoms with Crippen molar-refractivity contribution in [3.05, 3.63) is 29.5 Å². The predicted molar refractivity (Wildman–Crippen MR) is 56.3 cm³/mol. The van der Waals surface area contributed by atoms with Gasteiger partial charge in [-0.3, -0.25) is 0 Å². The van der Waals surface area contributed by atoms with E-state index in [1.165, 1.54) is 17.7 Å². The van der Waals surface area contributed by atoms with Crippen LogP contribution >= 0.6 is 11.6 Å². The maximum atomic E-state index is 12.5. The molecule has 0 amide bonds. The highest BCUT2D eigenvalue weighted by Gasteiger charge is 2.15. The Morgan fingerprint density at radius 3 is 2.81 bits per heavy atom. The zero-order valence-electron chi connectivity index (χ0n) is 8.45. The summed E-state index contributed by atoms with van der Waals surface area (Å²) in [4.78, 5) is 0. The summed E-state index contributed by atoms with van der Waals surface area (Å²) >= 11 is 5.72. The minimum absolute atomic E-state index is 0.238. The van der Waals surface area contributed by atoms with Crippen molar-refractivity contribution in [2.75, 3.05) is 7.11 Å². The van der Waals surface area contributed by atoms with E-state index >= 15 is 0 Å². The third-order valence-corrected chi connectivity index (χ3v) is 2.56. The molecule has 2 aromatic heterocycles. The van der Waals surface area contributed by atoms with Crippen LogP contribution in [-0.2, 0) is 5.88 Å². The molecule has 2 heterocycles. The van der Waals surface area contributed by atoms with Crippen LogP contribution in [0, 0.1) is 0 Å². The molecule has 0 bridgehead atoms. The minimum atomic E-state index is -2.60. The monoisotopic (exact) mass is 246 g/mol. The van der Waals surface area contributed by atoms with Crippen LogP contribution in [0.5, 0.6) is 5.88 Å². The highest BCUT2D eigenvalue weighted by molar-refractivity contribution is 6.17. The molecule has 0 saturated heterocycles. The van der Waals surface area contributed by atoms with E-state index in [2.05, 4.69) is 5.10 Å². The van der Waals surface area contributed by atoms with E-state index in [0.29, 0.717) is 11.4 Å². The molecule has 0 unspecified atom stereocenters. The highest BCUT2D eigenvalue weighted by atomic mass is 35.5. The van der Waals surface area contributed by atoms with Crippen LogP contribution in [0.15, 0.2) is 18.2 Å². The molecule has 0 N–H and O–H groups in total. The van der Waals surface area contributed by atoms with Crippen LogP contribution in [0.3, 0.4) is 0 Å². The van der Waals surface area contributed by atoms with Gasteiger partial charge in [0.15, 0.2) is 0 Å². The molecule has 6 heteroatoms. The fraction of sp³-hybridized carbons (Fsp3) is 0.300. The van der Waals surface area contributed by atoms with Gasteiger partial charge in [-0.25, -0.2) is 13.3 Å². The van der Waals surface area contributed by atoms with Crippen molar-refractivity contribution >= 4 is 17.1 Å². The number of nitrogens with zero attached hydrogens (tertiary/aromatic N) is 2. The van der Waals surface area contributed by atoms with Gasteiger partial charge in [-0.15, -0.1) is 11.6 Å². The van der Waals surface area contributed by atoms with Gasteiger partial charge in [0.05, 0.1) is 12.6 Å². The number of methoxy groups -OCH3 is 1. The lowest BCUT2D eigenvalue weighted by atomic mass is 10.2. The molecular weight excluding hydrogens is 238 g/mol. The number of hydrogen-bond donors (Lipinski definition) is 0. The standard InChI is InChI=1S/C10H9ClF2N2O/c1-16-9-3-2-6(5-11)8-4-7(10(12)13)14-15(8)9/h2-4,10H,5H2,1H3. The molecule has 16 heavy (non-hydrogen) atoms. The summed E-state index contributed by atoms with van der Waals surface area (Å²) in [6.07, 6.45) is -2.60. The Hall–Kier alpha value is -1.36. The number of rotatable bonds is 3. The van der Waals surface area contributed by atoms with Gasteiger partial charge in [-0.2, -0.15) is 5.10 Å². The molecular formula is C10H9ClF2N2O. The van der Waals surface area contributed by atoms with Gasteiger partial charge in [0, 0.05) is 11.9 Å². The molecule has 3 nitrogen and oxygen atoms in total. The number of halogens is 3. The Labute approximate surface area is 95.6 Å². The first kappa shape index (κ1) is 11.1. The first-order valence-electron chi connectivity index (χ1n) is 4.57. The van der Waals surface area contributed by atoms with Gasteiger partial charge in [0.1, 0.15) is 5.69 Å². The fourth-order valence-corrected chi connectivity index (χ4v) is 1.72. The lowest BCUT2D eigenvalue weighted by Gasteiger charge is -2.05. The van der Waals surface area contributed by atoms with Crippen LogP contribution in [0.2, 0.25) is 0 Å². The third-order valence-electron chi connectivity index (χ3n) is 2.27. The second-order valence-corrected chi connectivity index (χ2v) is 3.47. The molecule has 86 valence electrons. The van der Waals surface area contributed by atoms with Gasteiger partial charge in [0.25, 0.3) is 6.43 Å². The fourth-order valence-electron chi connectivity index (χ4n) is 1.50. The summed E-state index contributed by atoms with van der Waals surface area (Å²) in [6.45, 7) is 0. The lowest BCUT2D eigenvalue weighted by molar-refractivity contribution is 0.145. The molecule has 0 aliphatic heterocycles. The van der Waals surface area contributed by atoms with E-state index in [4.69, 9.17) is 16.3 Å². The first-order chi connectivity index (χ1) is 7.67. The van der Waals surface area contributed by atoms with E-state index in [0.717, 1.165) is 5.56 Å². The summed E-state index contributed by atoms with van der Waals surface area (Å²) < 4.78 is 31.4. The largest absolute Gasteiger partial charge is 0.481 e. The highest BCUT2D eigenvalue weighted by Crippen LogP contribution is 2.25.